The number of Topliss-reactive ketones (excluding diaryl/α,β-unsaturated/α-hetero) is 1. The molecule has 3 rings (SSSR count). The molecule has 2 aromatic rings. The van der Waals surface area contributed by atoms with E-state index in [0.29, 0.717) is 5.76 Å². The lowest BCUT2D eigenvalue weighted by Crippen LogP contribution is -2.20. The summed E-state index contributed by atoms with van der Waals surface area (Å²) in [5.74, 6) is 0.371. The molecule has 1 aliphatic rings. The summed E-state index contributed by atoms with van der Waals surface area (Å²) in [5.41, 5.74) is 0.752. The van der Waals surface area contributed by atoms with Crippen LogP contribution in [0.15, 0.2) is 34.7 Å². The van der Waals surface area contributed by atoms with Gasteiger partial charge < -0.3 is 9.15 Å². The fraction of sp³-hybridized carbons (Fsp3) is 0.357. The van der Waals surface area contributed by atoms with Gasteiger partial charge in [-0.15, -0.1) is 0 Å². The quantitative estimate of drug-likeness (QED) is 0.744. The van der Waals surface area contributed by atoms with Crippen LogP contribution in [0.4, 0.5) is 0 Å². The molecule has 2 unspecified atom stereocenters. The van der Waals surface area contributed by atoms with E-state index in [2.05, 4.69) is 0 Å². The minimum Gasteiger partial charge on any atom is -0.453 e. The molecule has 3 heteroatoms. The van der Waals surface area contributed by atoms with Gasteiger partial charge in [0.25, 0.3) is 0 Å². The van der Waals surface area contributed by atoms with E-state index in [4.69, 9.17) is 9.15 Å². The standard InChI is InChI=1S/C14H14O3/c1-9-6-7-12(16-9)14(15)13-8-10-4-2-3-5-11(10)17-13/h2-5,8-9,12H,6-7H2,1H3. The molecule has 0 amide bonds. The molecule has 3 nitrogen and oxygen atoms in total. The fourth-order valence-corrected chi connectivity index (χ4v) is 2.26. The van der Waals surface area contributed by atoms with Crippen LogP contribution in [0.3, 0.4) is 0 Å². The Morgan fingerprint density at radius 3 is 2.82 bits per heavy atom. The summed E-state index contributed by atoms with van der Waals surface area (Å²) < 4.78 is 11.1. The number of hydrogen-bond donors (Lipinski definition) is 0. The summed E-state index contributed by atoms with van der Waals surface area (Å²) >= 11 is 0. The minimum absolute atomic E-state index is 0.0365. The van der Waals surface area contributed by atoms with E-state index >= 15 is 0 Å². The van der Waals surface area contributed by atoms with Crippen LogP contribution in [0.1, 0.15) is 30.3 Å². The molecule has 0 aliphatic carbocycles. The Bertz CT molecular complexity index is 522. The van der Waals surface area contributed by atoms with Crippen molar-refractivity contribution in [2.24, 2.45) is 0 Å². The number of ether oxygens (including phenoxy) is 1. The van der Waals surface area contributed by atoms with Crippen molar-refractivity contribution in [3.63, 3.8) is 0 Å². The predicted octanol–water partition coefficient (Wildman–Crippen LogP) is 3.18. The second-order valence-corrected chi connectivity index (χ2v) is 4.53. The topological polar surface area (TPSA) is 39.4 Å². The van der Waals surface area contributed by atoms with Gasteiger partial charge in [-0.1, -0.05) is 18.2 Å². The molecule has 2 atom stereocenters. The number of furan rings is 1. The van der Waals surface area contributed by atoms with Crippen molar-refractivity contribution in [3.05, 3.63) is 36.1 Å². The summed E-state index contributed by atoms with van der Waals surface area (Å²) in [6.07, 6.45) is 1.58. The Morgan fingerprint density at radius 2 is 2.12 bits per heavy atom. The number of fused-ring (bicyclic) bond motifs is 1. The molecule has 17 heavy (non-hydrogen) atoms. The first kappa shape index (κ1) is 10.5. The maximum Gasteiger partial charge on any atom is 0.226 e. The van der Waals surface area contributed by atoms with E-state index in [-0.39, 0.29) is 18.0 Å². The average Bonchev–Trinajstić information content (AvgIpc) is 2.93. The Hall–Kier alpha value is -1.61. The third-order valence-corrected chi connectivity index (χ3v) is 3.19. The molecular formula is C14H14O3. The number of benzene rings is 1. The number of rotatable bonds is 2. The van der Waals surface area contributed by atoms with Crippen molar-refractivity contribution in [2.45, 2.75) is 32.0 Å². The molecule has 1 aromatic heterocycles. The van der Waals surface area contributed by atoms with E-state index in [1.807, 2.05) is 31.2 Å². The Labute approximate surface area is 99.4 Å². The normalized spacial score (nSPS) is 24.3. The largest absolute Gasteiger partial charge is 0.453 e. The number of ketones is 1. The van der Waals surface area contributed by atoms with Crippen LogP contribution in [0.2, 0.25) is 0 Å². The first-order valence-electron chi connectivity index (χ1n) is 5.92. The summed E-state index contributed by atoms with van der Waals surface area (Å²) in [6, 6.07) is 9.43. The van der Waals surface area contributed by atoms with Crippen LogP contribution < -0.4 is 0 Å². The lowest BCUT2D eigenvalue weighted by molar-refractivity contribution is 0.0413. The molecule has 0 saturated carbocycles. The van der Waals surface area contributed by atoms with Gasteiger partial charge in [-0.05, 0) is 31.9 Å². The summed E-state index contributed by atoms with van der Waals surface area (Å²) in [4.78, 5) is 12.1. The van der Waals surface area contributed by atoms with Gasteiger partial charge in [-0.3, -0.25) is 4.79 Å². The maximum atomic E-state index is 12.1. The van der Waals surface area contributed by atoms with Crippen LogP contribution >= 0.6 is 0 Å². The minimum atomic E-state index is -0.328. The Kier molecular flexibility index (Phi) is 2.48. The summed E-state index contributed by atoms with van der Waals surface area (Å²) in [5, 5.41) is 0.960. The lowest BCUT2D eigenvalue weighted by atomic mass is 10.1. The van der Waals surface area contributed by atoms with Crippen LogP contribution in [0.5, 0.6) is 0 Å². The maximum absolute atomic E-state index is 12.1. The van der Waals surface area contributed by atoms with Gasteiger partial charge in [-0.2, -0.15) is 0 Å². The van der Waals surface area contributed by atoms with Crippen molar-refractivity contribution in [1.82, 2.24) is 0 Å². The fourth-order valence-electron chi connectivity index (χ4n) is 2.26. The third-order valence-electron chi connectivity index (χ3n) is 3.19. The number of carbonyl (C=O) groups is 1. The van der Waals surface area contributed by atoms with Gasteiger partial charge in [0.15, 0.2) is 5.76 Å². The van der Waals surface area contributed by atoms with Crippen molar-refractivity contribution < 1.29 is 13.9 Å². The monoisotopic (exact) mass is 230 g/mol. The van der Waals surface area contributed by atoms with E-state index in [9.17, 15) is 4.79 Å². The van der Waals surface area contributed by atoms with E-state index in [1.54, 1.807) is 6.07 Å². The molecule has 0 N–H and O–H groups in total. The number of hydrogen-bond acceptors (Lipinski definition) is 3. The second kappa shape index (κ2) is 4.00. The zero-order chi connectivity index (χ0) is 11.8. The third kappa shape index (κ3) is 1.87. The number of carbonyl (C=O) groups excluding carboxylic acids is 1. The molecule has 0 bridgehead atoms. The predicted molar refractivity (Wildman–Crippen MR) is 64.1 cm³/mol. The highest BCUT2D eigenvalue weighted by molar-refractivity contribution is 6.00. The van der Waals surface area contributed by atoms with Gasteiger partial charge in [0, 0.05) is 5.39 Å². The first-order chi connectivity index (χ1) is 8.24. The summed E-state index contributed by atoms with van der Waals surface area (Å²) in [6.45, 7) is 1.99. The smallest absolute Gasteiger partial charge is 0.226 e. The Morgan fingerprint density at radius 1 is 1.29 bits per heavy atom. The van der Waals surface area contributed by atoms with Gasteiger partial charge in [0.2, 0.25) is 5.78 Å². The molecule has 1 aromatic carbocycles. The van der Waals surface area contributed by atoms with Gasteiger partial charge >= 0.3 is 0 Å². The van der Waals surface area contributed by atoms with Gasteiger partial charge in [-0.25, -0.2) is 0 Å². The van der Waals surface area contributed by atoms with Crippen LogP contribution in [-0.4, -0.2) is 18.0 Å². The van der Waals surface area contributed by atoms with Crippen molar-refractivity contribution in [1.29, 1.82) is 0 Å². The van der Waals surface area contributed by atoms with Crippen molar-refractivity contribution in [2.75, 3.05) is 0 Å². The molecular weight excluding hydrogens is 216 g/mol. The van der Waals surface area contributed by atoms with Crippen molar-refractivity contribution in [3.8, 4) is 0 Å². The number of para-hydroxylation sites is 1. The first-order valence-corrected chi connectivity index (χ1v) is 5.92. The van der Waals surface area contributed by atoms with E-state index in [1.165, 1.54) is 0 Å². The highest BCUT2D eigenvalue weighted by Crippen LogP contribution is 2.25. The van der Waals surface area contributed by atoms with Gasteiger partial charge in [0.05, 0.1) is 6.10 Å². The highest BCUT2D eigenvalue weighted by Gasteiger charge is 2.30. The van der Waals surface area contributed by atoms with Crippen LogP contribution in [-0.2, 0) is 4.74 Å². The van der Waals surface area contributed by atoms with Crippen molar-refractivity contribution >= 4 is 16.8 Å². The van der Waals surface area contributed by atoms with Gasteiger partial charge in [0.1, 0.15) is 11.7 Å². The SMILES string of the molecule is CC1CCC(C(=O)c2cc3ccccc3o2)O1. The van der Waals surface area contributed by atoms with E-state index < -0.39 is 0 Å². The average molecular weight is 230 g/mol. The molecule has 0 spiro atoms. The highest BCUT2D eigenvalue weighted by atomic mass is 16.5. The summed E-state index contributed by atoms with van der Waals surface area (Å²) in [7, 11) is 0. The molecule has 2 heterocycles. The zero-order valence-electron chi connectivity index (χ0n) is 9.68. The molecule has 0 radical (unpaired) electrons. The van der Waals surface area contributed by atoms with Crippen LogP contribution in [0.25, 0.3) is 11.0 Å². The lowest BCUT2D eigenvalue weighted by Gasteiger charge is -2.07. The second-order valence-electron chi connectivity index (χ2n) is 4.53. The zero-order valence-corrected chi connectivity index (χ0v) is 9.68. The van der Waals surface area contributed by atoms with Crippen LogP contribution in [0, 0.1) is 0 Å². The Balaban J connectivity index is 1.90. The molecule has 1 saturated heterocycles. The molecule has 88 valence electrons. The molecule has 1 fully saturated rings. The van der Waals surface area contributed by atoms with E-state index in [0.717, 1.165) is 23.8 Å². The molecule has 1 aliphatic heterocycles.